The van der Waals surface area contributed by atoms with Gasteiger partial charge < -0.3 is 0 Å². The first-order valence-corrected chi connectivity index (χ1v) is 9.09. The van der Waals surface area contributed by atoms with Gasteiger partial charge in [-0.1, -0.05) is 57.2 Å². The molecule has 4 aromatic rings. The minimum Gasteiger partial charge on any atom is -0.224 e. The number of nitrogens with zero attached hydrogens (tertiary/aromatic N) is 2. The van der Waals surface area contributed by atoms with Gasteiger partial charge in [0.15, 0.2) is 0 Å². The lowest BCUT2D eigenvalue weighted by atomic mass is 9.73. The normalized spacial score (nSPS) is 18.9. The second kappa shape index (κ2) is 4.60. The predicted molar refractivity (Wildman–Crippen MR) is 99.6 cm³/mol. The van der Waals surface area contributed by atoms with E-state index in [2.05, 4.69) is 84.6 Å². The lowest BCUT2D eigenvalue weighted by Gasteiger charge is -2.38. The number of benzene rings is 2. The molecule has 120 valence electrons. The number of hydrogen-bond acceptors (Lipinski definition) is 0. The van der Waals surface area contributed by atoms with E-state index in [1.165, 1.54) is 32.9 Å². The van der Waals surface area contributed by atoms with Gasteiger partial charge in [0, 0.05) is 16.7 Å². The number of fused-ring (bicyclic) bond motifs is 3. The zero-order chi connectivity index (χ0) is 16.5. The fraction of sp³-hybridized carbons (Fsp3) is 0.318. The molecular formula is C22H23N2+. The second-order valence-corrected chi connectivity index (χ2v) is 7.18. The molecule has 0 amide bonds. The van der Waals surface area contributed by atoms with Gasteiger partial charge in [0.05, 0.1) is 5.39 Å². The van der Waals surface area contributed by atoms with Crippen molar-refractivity contribution in [3.63, 3.8) is 0 Å². The molecule has 5 rings (SSSR count). The zero-order valence-electron chi connectivity index (χ0n) is 14.6. The Hall–Kier alpha value is -2.35. The highest BCUT2D eigenvalue weighted by Gasteiger charge is 2.46. The lowest BCUT2D eigenvalue weighted by molar-refractivity contribution is -0.747. The molecule has 0 fully saturated rings. The van der Waals surface area contributed by atoms with Crippen molar-refractivity contribution in [2.24, 2.45) is 0 Å². The Labute approximate surface area is 142 Å². The van der Waals surface area contributed by atoms with Crippen LogP contribution in [0.25, 0.3) is 27.3 Å². The van der Waals surface area contributed by atoms with Crippen molar-refractivity contribution >= 4 is 27.3 Å². The van der Waals surface area contributed by atoms with Crippen LogP contribution < -0.4 is 4.57 Å². The number of pyridine rings is 1. The third-order valence-electron chi connectivity index (χ3n) is 6.57. The first-order valence-electron chi connectivity index (χ1n) is 9.09. The largest absolute Gasteiger partial charge is 0.295 e. The van der Waals surface area contributed by atoms with Gasteiger partial charge in [-0.05, 0) is 24.5 Å². The van der Waals surface area contributed by atoms with Crippen LogP contribution in [0.15, 0.2) is 54.9 Å². The van der Waals surface area contributed by atoms with E-state index in [1.54, 1.807) is 0 Å². The molecular weight excluding hydrogens is 292 g/mol. The highest BCUT2D eigenvalue weighted by molar-refractivity contribution is 6.12. The van der Waals surface area contributed by atoms with E-state index in [-0.39, 0.29) is 5.54 Å². The maximum atomic E-state index is 2.57. The summed E-state index contributed by atoms with van der Waals surface area (Å²) >= 11 is 0. The Morgan fingerprint density at radius 3 is 2.54 bits per heavy atom. The van der Waals surface area contributed by atoms with Crippen molar-refractivity contribution in [3.05, 3.63) is 60.4 Å². The molecule has 1 atom stereocenters. The summed E-state index contributed by atoms with van der Waals surface area (Å²) in [5.41, 5.74) is 4.33. The molecule has 0 aliphatic carbocycles. The highest BCUT2D eigenvalue weighted by Crippen LogP contribution is 2.45. The van der Waals surface area contributed by atoms with E-state index >= 15 is 0 Å². The van der Waals surface area contributed by atoms with Crippen LogP contribution in [-0.4, -0.2) is 4.40 Å². The van der Waals surface area contributed by atoms with Crippen LogP contribution in [0.1, 0.15) is 45.1 Å². The summed E-state index contributed by atoms with van der Waals surface area (Å²) in [5, 5.41) is 4.17. The number of hydrogen-bond donors (Lipinski definition) is 0. The Morgan fingerprint density at radius 2 is 1.75 bits per heavy atom. The van der Waals surface area contributed by atoms with Crippen LogP contribution in [0.5, 0.6) is 0 Å². The minimum atomic E-state index is 0.165. The maximum absolute atomic E-state index is 2.57. The van der Waals surface area contributed by atoms with Gasteiger partial charge in [-0.3, -0.25) is 0 Å². The van der Waals surface area contributed by atoms with Gasteiger partial charge in [0.2, 0.25) is 0 Å². The third-order valence-corrected chi connectivity index (χ3v) is 6.57. The zero-order valence-corrected chi connectivity index (χ0v) is 14.6. The Bertz CT molecular complexity index is 1100. The van der Waals surface area contributed by atoms with Gasteiger partial charge in [0.25, 0.3) is 5.65 Å². The van der Waals surface area contributed by atoms with Crippen LogP contribution in [-0.2, 0) is 5.54 Å². The molecule has 3 heterocycles. The molecule has 2 heteroatoms. The molecule has 2 aromatic heterocycles. The first kappa shape index (κ1) is 14.0. The minimum absolute atomic E-state index is 0.165. The summed E-state index contributed by atoms with van der Waals surface area (Å²) in [4.78, 5) is 0. The molecule has 0 N–H and O–H groups in total. The van der Waals surface area contributed by atoms with E-state index in [4.69, 9.17) is 0 Å². The van der Waals surface area contributed by atoms with Gasteiger partial charge in [-0.2, -0.15) is 4.40 Å². The SMILES string of the molecule is CCC1(CC)C(C)c2cccc3c4ccccc4n4cc[n+]1c4c23. The summed E-state index contributed by atoms with van der Waals surface area (Å²) in [7, 11) is 0. The van der Waals surface area contributed by atoms with Gasteiger partial charge >= 0.3 is 0 Å². The fourth-order valence-electron chi connectivity index (χ4n) is 5.20. The first-order chi connectivity index (χ1) is 11.7. The topological polar surface area (TPSA) is 8.29 Å². The molecule has 0 bridgehead atoms. The number of para-hydroxylation sites is 1. The number of aromatic nitrogens is 2. The standard InChI is InChI=1S/C22H23N2/c1-4-22(5-2)15(3)16-10-8-11-18-17-9-6-7-12-19(17)23-13-14-24(22)21(23)20(16)18/h6-15H,4-5H2,1-3H3/q+1. The van der Waals surface area contributed by atoms with E-state index in [0.717, 1.165) is 12.8 Å². The summed E-state index contributed by atoms with van der Waals surface area (Å²) in [5.74, 6) is 0.515. The van der Waals surface area contributed by atoms with Crippen molar-refractivity contribution < 1.29 is 4.57 Å². The highest BCUT2D eigenvalue weighted by atomic mass is 15.2. The maximum Gasteiger partial charge on any atom is 0.295 e. The van der Waals surface area contributed by atoms with Crippen LogP contribution in [0.3, 0.4) is 0 Å². The molecule has 1 aliphatic heterocycles. The second-order valence-electron chi connectivity index (χ2n) is 7.18. The Morgan fingerprint density at radius 1 is 1.00 bits per heavy atom. The predicted octanol–water partition coefficient (Wildman–Crippen LogP) is 5.17. The molecule has 0 saturated carbocycles. The molecule has 2 aromatic carbocycles. The molecule has 24 heavy (non-hydrogen) atoms. The van der Waals surface area contributed by atoms with Crippen LogP contribution in [0, 0.1) is 0 Å². The van der Waals surface area contributed by atoms with Crippen LogP contribution in [0.4, 0.5) is 0 Å². The van der Waals surface area contributed by atoms with Crippen molar-refractivity contribution in [2.45, 2.75) is 45.1 Å². The fourth-order valence-corrected chi connectivity index (χ4v) is 5.20. The molecule has 1 aliphatic rings. The molecule has 1 unspecified atom stereocenters. The summed E-state index contributed by atoms with van der Waals surface area (Å²) in [6, 6.07) is 15.7. The van der Waals surface area contributed by atoms with E-state index < -0.39 is 0 Å². The molecule has 2 nitrogen and oxygen atoms in total. The average molecular weight is 315 g/mol. The smallest absolute Gasteiger partial charge is 0.224 e. The lowest BCUT2D eigenvalue weighted by Crippen LogP contribution is -2.59. The van der Waals surface area contributed by atoms with Crippen LogP contribution >= 0.6 is 0 Å². The van der Waals surface area contributed by atoms with E-state index in [0.29, 0.717) is 5.92 Å². The van der Waals surface area contributed by atoms with Crippen molar-refractivity contribution in [1.29, 1.82) is 0 Å². The number of rotatable bonds is 2. The summed E-state index contributed by atoms with van der Waals surface area (Å²) < 4.78 is 4.96. The van der Waals surface area contributed by atoms with E-state index in [1.807, 2.05) is 0 Å². The van der Waals surface area contributed by atoms with Crippen molar-refractivity contribution in [2.75, 3.05) is 0 Å². The van der Waals surface area contributed by atoms with Gasteiger partial charge in [-0.25, -0.2) is 4.57 Å². The Balaban J connectivity index is 2.13. The number of imidazole rings is 1. The molecule has 0 radical (unpaired) electrons. The van der Waals surface area contributed by atoms with Crippen LogP contribution in [0.2, 0.25) is 0 Å². The molecule has 0 saturated heterocycles. The summed E-state index contributed by atoms with van der Waals surface area (Å²) in [6.07, 6.45) is 6.86. The van der Waals surface area contributed by atoms with Gasteiger partial charge in [0.1, 0.15) is 23.4 Å². The Kier molecular flexibility index (Phi) is 2.69. The van der Waals surface area contributed by atoms with E-state index in [9.17, 15) is 0 Å². The van der Waals surface area contributed by atoms with Crippen molar-refractivity contribution in [1.82, 2.24) is 4.40 Å². The third kappa shape index (κ3) is 1.41. The van der Waals surface area contributed by atoms with Gasteiger partial charge in [-0.15, -0.1) is 0 Å². The average Bonchev–Trinajstić information content (AvgIpc) is 3.09. The quantitative estimate of drug-likeness (QED) is 0.356. The molecule has 0 spiro atoms. The monoisotopic (exact) mass is 315 g/mol. The summed E-state index contributed by atoms with van der Waals surface area (Å²) in [6.45, 7) is 7.09. The van der Waals surface area contributed by atoms with Crippen molar-refractivity contribution in [3.8, 4) is 0 Å².